The van der Waals surface area contributed by atoms with Gasteiger partial charge in [0.15, 0.2) is 0 Å². The summed E-state index contributed by atoms with van der Waals surface area (Å²) in [5, 5.41) is 71.7. The van der Waals surface area contributed by atoms with Gasteiger partial charge < -0.3 is 106 Å². The quantitative estimate of drug-likeness (QED) is 0.0445. The standard InChI is InChI=1S/5C16H27N5O2/c5*1-9-5-6-10(7-12(9)22)19-14-11(13(17)23)8-18-15(20-14)21-16(2,3)4/h5*8-10,12,22H,5-7H2,1-4H3,(H2,17,23)(H2,18,19,20,21)/i5D2,6D,7D;5D,6D2,7D;7D2,8D;6D2,8D;5D2,8D. The number of nitrogens with one attached hydrogen (secondary N) is 10. The van der Waals surface area contributed by atoms with E-state index >= 15 is 0 Å². The first kappa shape index (κ1) is 70.9. The number of aromatic nitrogens is 10. The highest BCUT2D eigenvalue weighted by Crippen LogP contribution is 2.32. The van der Waals surface area contributed by atoms with Crippen LogP contribution in [-0.4, -0.2) is 193 Å². The van der Waals surface area contributed by atoms with Crippen molar-refractivity contribution < 1.29 is 72.8 Å². The number of aliphatic hydroxyl groups excluding tert-OH is 5. The number of rotatable bonds is 17. The average Bonchev–Trinajstić information content (AvgIpc) is 0.757. The highest BCUT2D eigenvalue weighted by atomic mass is 16.3. The molecular formula is C80H135N25O10. The lowest BCUT2D eigenvalue weighted by molar-refractivity contribution is 0.0702. The SMILES string of the molecule is [2H]C1C(O)C(C)C([2H])([2H])C([2H])C1Nc1nc(NC(C)(C)C)ncc1C(N)=O.[2H]C1C(O)C(C)C([2H])C([2H])([2H])C1Nc1nc(NC(C)(C)C)ncc1C(N)=O.[2H]c1nc(NC(C)(C)C)[nH]c(=NC2CC(O)C(C)C([2H])([2H])C2)c1C(N)=O.[2H]c1nc(NC(C)(C)C)[nH]c(=NC2CC(O)C(C)CC2([2H])[2H])c1C(N)=O.[2H]c1nc(NC(C)(C)C)[nH]c(=NC2CCC(C)C(O)C2([2H])[2H])c1C(N)=O. The van der Waals surface area contributed by atoms with E-state index in [1.165, 1.54) is 19.3 Å². The Morgan fingerprint density at radius 3 is 1.19 bits per heavy atom. The summed E-state index contributed by atoms with van der Waals surface area (Å²) in [6, 6.07) is -4.64. The van der Waals surface area contributed by atoms with Gasteiger partial charge in [0, 0.05) is 89.9 Å². The molecule has 25 N–H and O–H groups in total. The molecule has 0 spiro atoms. The van der Waals surface area contributed by atoms with E-state index in [9.17, 15) is 49.5 Å². The smallest absolute Gasteiger partial charge is 0.254 e. The Bertz CT molecular complexity index is 5050. The highest BCUT2D eigenvalue weighted by Gasteiger charge is 2.33. The van der Waals surface area contributed by atoms with Crippen molar-refractivity contribution in [3.05, 3.63) is 75.2 Å². The van der Waals surface area contributed by atoms with E-state index in [1.54, 1.807) is 27.7 Å². The number of nitrogens with zero attached hydrogens (tertiary/aromatic N) is 10. The van der Waals surface area contributed by atoms with Crippen LogP contribution in [-0.2, 0) is 0 Å². The summed E-state index contributed by atoms with van der Waals surface area (Å²) in [6.45, 7) is 36.8. The first-order chi connectivity index (χ1) is 59.9. The number of hydrogen-bond acceptors (Lipinski definition) is 27. The lowest BCUT2D eigenvalue weighted by Gasteiger charge is -2.32. The maximum absolute atomic E-state index is 11.8. The van der Waals surface area contributed by atoms with Crippen molar-refractivity contribution in [3.63, 3.8) is 0 Å². The molecule has 0 aliphatic heterocycles. The molecule has 35 heteroatoms. The Morgan fingerprint density at radius 2 is 0.774 bits per heavy atom. The van der Waals surface area contributed by atoms with Crippen molar-refractivity contribution in [1.29, 1.82) is 0 Å². The molecule has 19 unspecified atom stereocenters. The van der Waals surface area contributed by atoms with Gasteiger partial charge in [0.25, 0.3) is 29.5 Å². The molecule has 5 aliphatic carbocycles. The van der Waals surface area contributed by atoms with E-state index in [0.717, 1.165) is 0 Å². The molecule has 5 heterocycles. The fraction of sp³-hybridized carbons (Fsp3) is 0.688. The molecule has 115 heavy (non-hydrogen) atoms. The zero-order chi connectivity index (χ0) is 101. The lowest BCUT2D eigenvalue weighted by atomic mass is 9.85. The Morgan fingerprint density at radius 1 is 0.409 bits per heavy atom. The molecule has 35 nitrogen and oxygen atoms in total. The summed E-state index contributed by atoms with van der Waals surface area (Å²) >= 11 is 0. The van der Waals surface area contributed by atoms with Crippen molar-refractivity contribution in [3.8, 4) is 0 Å². The van der Waals surface area contributed by atoms with E-state index < -0.39 is 165 Å². The number of primary amides is 5. The minimum absolute atomic E-state index is 0.000113. The van der Waals surface area contributed by atoms with Crippen molar-refractivity contribution >= 4 is 70.9 Å². The fourth-order valence-electron chi connectivity index (χ4n) is 11.2. The molecule has 640 valence electrons. The molecule has 5 aromatic rings. The highest BCUT2D eigenvalue weighted by molar-refractivity contribution is 5.98. The van der Waals surface area contributed by atoms with E-state index in [0.29, 0.717) is 12.8 Å². The Hall–Kier alpha value is -9.45. The van der Waals surface area contributed by atoms with Gasteiger partial charge in [-0.15, -0.1) is 0 Å². The van der Waals surface area contributed by atoms with Crippen LogP contribution in [0.2, 0.25) is 0 Å². The molecule has 5 saturated carbocycles. The first-order valence-corrected chi connectivity index (χ1v) is 38.1. The number of aliphatic hydroxyl groups is 5. The fourth-order valence-corrected chi connectivity index (χ4v) is 11.2. The van der Waals surface area contributed by atoms with Crippen LogP contribution in [0.5, 0.6) is 0 Å². The number of H-pyrrole nitrogens is 3. The summed E-state index contributed by atoms with van der Waals surface area (Å²) in [5.41, 5.74) is 24.5. The minimum atomic E-state index is -2.14. The molecule has 0 radical (unpaired) electrons. The van der Waals surface area contributed by atoms with Gasteiger partial charge in [-0.2, -0.15) is 9.97 Å². The predicted molar refractivity (Wildman–Crippen MR) is 447 cm³/mol. The van der Waals surface area contributed by atoms with Gasteiger partial charge in [-0.25, -0.2) is 24.9 Å². The molecule has 0 aromatic carbocycles. The number of aromatic amines is 3. The minimum Gasteiger partial charge on any atom is -0.393 e. The molecule has 0 saturated heterocycles. The van der Waals surface area contributed by atoms with Crippen LogP contribution in [0.1, 0.15) is 310 Å². The molecule has 19 atom stereocenters. The number of amides is 5. The summed E-state index contributed by atoms with van der Waals surface area (Å²) < 4.78 is 139. The summed E-state index contributed by atoms with van der Waals surface area (Å²) in [6.07, 6.45) is -16.4. The van der Waals surface area contributed by atoms with E-state index in [-0.39, 0.29) is 169 Å². The zero-order valence-corrected chi connectivity index (χ0v) is 69.5. The second-order valence-electron chi connectivity index (χ2n) is 34.3. The maximum atomic E-state index is 11.8. The van der Waals surface area contributed by atoms with Gasteiger partial charge in [0.1, 0.15) is 28.1 Å². The lowest BCUT2D eigenvalue weighted by Crippen LogP contribution is -2.36. The van der Waals surface area contributed by atoms with Crippen LogP contribution in [0.4, 0.5) is 41.4 Å². The second-order valence-corrected chi connectivity index (χ2v) is 34.3. The predicted octanol–water partition coefficient (Wildman–Crippen LogP) is 7.00. The molecule has 5 amide bonds. The molecule has 5 fully saturated rings. The first-order valence-electron chi connectivity index (χ1n) is 47.0. The molecule has 10 rings (SSSR count). The number of anilines is 7. The van der Waals surface area contributed by atoms with Crippen LogP contribution in [0.3, 0.4) is 0 Å². The van der Waals surface area contributed by atoms with Gasteiger partial charge in [-0.05, 0) is 229 Å². The third-order valence-electron chi connectivity index (χ3n) is 17.3. The number of nitrogens with two attached hydrogens (primary N) is 5. The third kappa shape index (κ3) is 31.9. The summed E-state index contributed by atoms with van der Waals surface area (Å²) in [7, 11) is 0. The normalized spacial score (nSPS) is 32.6. The van der Waals surface area contributed by atoms with Crippen molar-refractivity contribution in [2.45, 2.75) is 323 Å². The van der Waals surface area contributed by atoms with Gasteiger partial charge in [0.2, 0.25) is 29.7 Å². The maximum Gasteiger partial charge on any atom is 0.254 e. The van der Waals surface area contributed by atoms with Crippen LogP contribution in [0.15, 0.2) is 45.9 Å². The third-order valence-corrected chi connectivity index (χ3v) is 17.3. The van der Waals surface area contributed by atoms with Gasteiger partial charge in [-0.1, -0.05) is 34.6 Å². The number of hydrogen-bond donors (Lipinski definition) is 20. The molecule has 5 aromatic heterocycles. The Kier molecular flexibility index (Phi) is 25.2. The Labute approximate surface area is 700 Å². The topological polar surface area (TPSA) is 575 Å². The van der Waals surface area contributed by atoms with Crippen LogP contribution in [0, 0.1) is 29.6 Å². The van der Waals surface area contributed by atoms with E-state index in [1.807, 2.05) is 104 Å². The van der Waals surface area contributed by atoms with E-state index in [4.69, 9.17) is 52.0 Å². The number of carbonyl (C=O) groups is 5. The van der Waals surface area contributed by atoms with Crippen molar-refractivity contribution in [1.82, 2.24) is 49.8 Å². The number of carbonyl (C=O) groups excluding carboxylic acids is 5. The molecule has 0 bridgehead atoms. The largest absolute Gasteiger partial charge is 0.393 e. The van der Waals surface area contributed by atoms with Gasteiger partial charge in [-0.3, -0.25) is 38.9 Å². The van der Waals surface area contributed by atoms with Crippen LogP contribution >= 0.6 is 0 Å². The van der Waals surface area contributed by atoms with E-state index in [2.05, 4.69) is 102 Å². The zero-order valence-electron chi connectivity index (χ0n) is 86.5. The van der Waals surface area contributed by atoms with Crippen molar-refractivity contribution in [2.75, 3.05) is 37.2 Å². The monoisotopic (exact) mass is 1620 g/mol. The molecular weight excluding hydrogens is 1470 g/mol. The van der Waals surface area contributed by atoms with Gasteiger partial charge >= 0.3 is 0 Å². The van der Waals surface area contributed by atoms with Gasteiger partial charge in [0.05, 0.1) is 80.6 Å². The molecule has 5 aliphatic rings. The second kappa shape index (κ2) is 40.9. The summed E-state index contributed by atoms with van der Waals surface area (Å²) in [5.74, 6) is -5.54. The van der Waals surface area contributed by atoms with Crippen LogP contribution in [0.25, 0.3) is 0 Å². The van der Waals surface area contributed by atoms with Crippen LogP contribution < -0.4 is 82.3 Å². The summed E-state index contributed by atoms with van der Waals surface area (Å²) in [4.78, 5) is 109. The average molecular weight is 1620 g/mol. The van der Waals surface area contributed by atoms with Crippen molar-refractivity contribution in [2.24, 2.45) is 73.2 Å². The Balaban J connectivity index is 0.000000254.